The van der Waals surface area contributed by atoms with E-state index < -0.39 is 0 Å². The first-order valence-electron chi connectivity index (χ1n) is 6.61. The summed E-state index contributed by atoms with van der Waals surface area (Å²) in [7, 11) is 0. The Morgan fingerprint density at radius 2 is 2.00 bits per heavy atom. The maximum absolute atomic E-state index is 5.65. The van der Waals surface area contributed by atoms with Crippen LogP contribution in [0.15, 0.2) is 12.1 Å². The number of unbranched alkanes of at least 4 members (excludes halogenated alkanes) is 2. The molecule has 2 nitrogen and oxygen atoms in total. The summed E-state index contributed by atoms with van der Waals surface area (Å²) in [6, 6.07) is 4.93. The fourth-order valence-electron chi connectivity index (χ4n) is 1.53. The van der Waals surface area contributed by atoms with Crippen LogP contribution in [0.1, 0.15) is 49.8 Å². The van der Waals surface area contributed by atoms with Gasteiger partial charge in [0.1, 0.15) is 0 Å². The van der Waals surface area contributed by atoms with Gasteiger partial charge in [-0.15, -0.1) is 11.3 Å². The van der Waals surface area contributed by atoms with Gasteiger partial charge in [-0.05, 0) is 18.6 Å². The molecule has 0 aliphatic rings. The average molecular weight is 255 g/mol. The van der Waals surface area contributed by atoms with E-state index in [1.165, 1.54) is 29.0 Å². The molecule has 0 aliphatic heterocycles. The van der Waals surface area contributed by atoms with Crippen LogP contribution in [0.5, 0.6) is 0 Å². The van der Waals surface area contributed by atoms with Crippen molar-refractivity contribution in [2.45, 2.75) is 59.2 Å². The Morgan fingerprint density at radius 3 is 2.71 bits per heavy atom. The molecule has 0 saturated carbocycles. The minimum atomic E-state index is 0.547. The predicted molar refractivity (Wildman–Crippen MR) is 75.5 cm³/mol. The second-order valence-electron chi connectivity index (χ2n) is 4.66. The zero-order valence-corrected chi connectivity index (χ0v) is 12.1. The smallest absolute Gasteiger partial charge is 0.0809 e. The van der Waals surface area contributed by atoms with Crippen LogP contribution >= 0.6 is 11.3 Å². The first-order valence-corrected chi connectivity index (χ1v) is 7.42. The molecule has 0 radical (unpaired) electrons. The minimum Gasteiger partial charge on any atom is -0.376 e. The van der Waals surface area contributed by atoms with Gasteiger partial charge in [0.05, 0.1) is 6.61 Å². The molecule has 0 aromatic carbocycles. The van der Waals surface area contributed by atoms with E-state index in [4.69, 9.17) is 4.74 Å². The maximum atomic E-state index is 5.65. The normalized spacial score (nSPS) is 11.3. The van der Waals surface area contributed by atoms with E-state index in [-0.39, 0.29) is 0 Å². The van der Waals surface area contributed by atoms with Crippen molar-refractivity contribution in [3.63, 3.8) is 0 Å². The van der Waals surface area contributed by atoms with E-state index in [0.717, 1.165) is 19.8 Å². The molecular weight excluding hydrogens is 230 g/mol. The molecule has 0 amide bonds. The van der Waals surface area contributed by atoms with E-state index in [9.17, 15) is 0 Å². The maximum Gasteiger partial charge on any atom is 0.0809 e. The molecule has 0 bridgehead atoms. The summed E-state index contributed by atoms with van der Waals surface area (Å²) >= 11 is 1.85. The third-order valence-electron chi connectivity index (χ3n) is 2.54. The Morgan fingerprint density at radius 1 is 1.24 bits per heavy atom. The van der Waals surface area contributed by atoms with Crippen molar-refractivity contribution in [2.24, 2.45) is 0 Å². The summed E-state index contributed by atoms with van der Waals surface area (Å²) in [6.45, 7) is 9.20. The molecule has 1 aromatic rings. The molecule has 3 heteroatoms. The molecule has 0 atom stereocenters. The van der Waals surface area contributed by atoms with Crippen LogP contribution in [0, 0.1) is 0 Å². The minimum absolute atomic E-state index is 0.547. The van der Waals surface area contributed by atoms with Gasteiger partial charge in [0.2, 0.25) is 0 Å². The standard InChI is InChI=1S/C14H25NOS/c1-4-5-6-9-16-11-14-8-7-13(17-14)10-15-12(2)3/h7-8,12,15H,4-6,9-11H2,1-3H3. The van der Waals surface area contributed by atoms with Crippen molar-refractivity contribution in [1.29, 1.82) is 0 Å². The largest absolute Gasteiger partial charge is 0.376 e. The highest BCUT2D eigenvalue weighted by atomic mass is 32.1. The summed E-state index contributed by atoms with van der Waals surface area (Å²) < 4.78 is 5.65. The van der Waals surface area contributed by atoms with Crippen LogP contribution in [-0.2, 0) is 17.9 Å². The van der Waals surface area contributed by atoms with Crippen molar-refractivity contribution in [1.82, 2.24) is 5.32 Å². The lowest BCUT2D eigenvalue weighted by Gasteiger charge is -2.05. The molecule has 0 spiro atoms. The molecule has 1 rings (SSSR count). The van der Waals surface area contributed by atoms with E-state index >= 15 is 0 Å². The van der Waals surface area contributed by atoms with Gasteiger partial charge in [0, 0.05) is 28.9 Å². The second kappa shape index (κ2) is 8.67. The Labute approximate surface area is 109 Å². The molecule has 98 valence electrons. The Hall–Kier alpha value is -0.380. The van der Waals surface area contributed by atoms with Gasteiger partial charge >= 0.3 is 0 Å². The Kier molecular flexibility index (Phi) is 7.49. The topological polar surface area (TPSA) is 21.3 Å². The second-order valence-corrected chi connectivity index (χ2v) is 5.92. The molecule has 0 aliphatic carbocycles. The SMILES string of the molecule is CCCCCOCc1ccc(CNC(C)C)s1. The van der Waals surface area contributed by atoms with Crippen molar-refractivity contribution in [3.05, 3.63) is 21.9 Å². The van der Waals surface area contributed by atoms with Crippen molar-refractivity contribution in [3.8, 4) is 0 Å². The van der Waals surface area contributed by atoms with E-state index in [0.29, 0.717) is 6.04 Å². The number of rotatable bonds is 9. The van der Waals surface area contributed by atoms with Crippen molar-refractivity contribution < 1.29 is 4.74 Å². The quantitative estimate of drug-likeness (QED) is 0.675. The zero-order valence-electron chi connectivity index (χ0n) is 11.3. The van der Waals surface area contributed by atoms with Crippen LogP contribution in [0.25, 0.3) is 0 Å². The molecule has 17 heavy (non-hydrogen) atoms. The molecule has 1 N–H and O–H groups in total. The van der Waals surface area contributed by atoms with Crippen LogP contribution in [0.2, 0.25) is 0 Å². The third kappa shape index (κ3) is 6.81. The number of hydrogen-bond acceptors (Lipinski definition) is 3. The number of ether oxygens (including phenoxy) is 1. The molecule has 1 aromatic heterocycles. The van der Waals surface area contributed by atoms with Gasteiger partial charge in [-0.2, -0.15) is 0 Å². The molecule has 0 saturated heterocycles. The fourth-order valence-corrected chi connectivity index (χ4v) is 2.43. The lowest BCUT2D eigenvalue weighted by Crippen LogP contribution is -2.21. The summed E-state index contributed by atoms with van der Waals surface area (Å²) in [5.41, 5.74) is 0. The first kappa shape index (κ1) is 14.7. The van der Waals surface area contributed by atoms with Crippen LogP contribution in [-0.4, -0.2) is 12.6 Å². The predicted octanol–water partition coefficient (Wildman–Crippen LogP) is 3.95. The van der Waals surface area contributed by atoms with Crippen LogP contribution in [0.4, 0.5) is 0 Å². The first-order chi connectivity index (χ1) is 8.22. The summed E-state index contributed by atoms with van der Waals surface area (Å²) in [5, 5.41) is 3.43. The fraction of sp³-hybridized carbons (Fsp3) is 0.714. The van der Waals surface area contributed by atoms with Gasteiger partial charge in [-0.3, -0.25) is 0 Å². The zero-order chi connectivity index (χ0) is 12.5. The lowest BCUT2D eigenvalue weighted by molar-refractivity contribution is 0.119. The van der Waals surface area contributed by atoms with E-state index in [1.807, 2.05) is 11.3 Å². The van der Waals surface area contributed by atoms with E-state index in [1.54, 1.807) is 0 Å². The number of nitrogens with one attached hydrogen (secondary N) is 1. The monoisotopic (exact) mass is 255 g/mol. The molecular formula is C14H25NOS. The van der Waals surface area contributed by atoms with Crippen LogP contribution in [0.3, 0.4) is 0 Å². The van der Waals surface area contributed by atoms with Gasteiger partial charge in [0.25, 0.3) is 0 Å². The summed E-state index contributed by atoms with van der Waals surface area (Å²) in [5.74, 6) is 0. The van der Waals surface area contributed by atoms with Crippen molar-refractivity contribution >= 4 is 11.3 Å². The number of thiophene rings is 1. The van der Waals surface area contributed by atoms with E-state index in [2.05, 4.69) is 38.2 Å². The Balaban J connectivity index is 2.17. The molecule has 0 unspecified atom stereocenters. The Bertz CT molecular complexity index is 296. The van der Waals surface area contributed by atoms with Gasteiger partial charge in [-0.1, -0.05) is 33.6 Å². The molecule has 1 heterocycles. The average Bonchev–Trinajstić information content (AvgIpc) is 2.74. The van der Waals surface area contributed by atoms with Crippen LogP contribution < -0.4 is 5.32 Å². The van der Waals surface area contributed by atoms with Gasteiger partial charge in [-0.25, -0.2) is 0 Å². The van der Waals surface area contributed by atoms with Gasteiger partial charge < -0.3 is 10.1 Å². The highest BCUT2D eigenvalue weighted by molar-refractivity contribution is 7.11. The van der Waals surface area contributed by atoms with Gasteiger partial charge in [0.15, 0.2) is 0 Å². The summed E-state index contributed by atoms with van der Waals surface area (Å²) in [4.78, 5) is 2.73. The number of hydrogen-bond donors (Lipinski definition) is 1. The highest BCUT2D eigenvalue weighted by Crippen LogP contribution is 2.17. The van der Waals surface area contributed by atoms with Crippen molar-refractivity contribution in [2.75, 3.05) is 6.61 Å². The molecule has 0 fully saturated rings. The summed E-state index contributed by atoms with van der Waals surface area (Å²) in [6.07, 6.45) is 3.71. The highest BCUT2D eigenvalue weighted by Gasteiger charge is 2.01. The third-order valence-corrected chi connectivity index (χ3v) is 3.60. The lowest BCUT2D eigenvalue weighted by atomic mass is 10.3.